The van der Waals surface area contributed by atoms with Crippen LogP contribution in [0, 0.1) is 30.3 Å². The van der Waals surface area contributed by atoms with Gasteiger partial charge in [-0.3, -0.25) is 30.3 Å². The van der Waals surface area contributed by atoms with Crippen LogP contribution in [0.3, 0.4) is 0 Å². The lowest BCUT2D eigenvalue weighted by Gasteiger charge is -2.26. The average molecular weight is 400 g/mol. The number of alkyl halides is 3. The lowest BCUT2D eigenvalue weighted by Crippen LogP contribution is -2.22. The summed E-state index contributed by atoms with van der Waals surface area (Å²) in [6, 6.07) is 4.99. The Morgan fingerprint density at radius 2 is 1.43 bits per heavy atom. The smallest absolute Gasteiger partial charge is 0.336 e. The number of anilines is 2. The van der Waals surface area contributed by atoms with Crippen molar-refractivity contribution >= 4 is 28.4 Å². The van der Waals surface area contributed by atoms with Gasteiger partial charge in [-0.25, -0.2) is 0 Å². The molecule has 0 atom stereocenters. The number of benzene rings is 2. The van der Waals surface area contributed by atoms with Crippen molar-refractivity contribution in [2.75, 3.05) is 11.4 Å². The molecule has 148 valence electrons. The van der Waals surface area contributed by atoms with Crippen LogP contribution in [0.1, 0.15) is 12.5 Å². The third-order valence-corrected chi connectivity index (χ3v) is 3.75. The van der Waals surface area contributed by atoms with E-state index < -0.39 is 43.6 Å². The van der Waals surface area contributed by atoms with Gasteiger partial charge in [0.15, 0.2) is 0 Å². The van der Waals surface area contributed by atoms with Crippen LogP contribution < -0.4 is 4.90 Å². The van der Waals surface area contributed by atoms with E-state index in [1.807, 2.05) is 0 Å². The number of nitro benzene ring substituents is 3. The third kappa shape index (κ3) is 3.97. The quantitative estimate of drug-likeness (QED) is 0.511. The van der Waals surface area contributed by atoms with Crippen molar-refractivity contribution in [3.63, 3.8) is 0 Å². The van der Waals surface area contributed by atoms with E-state index in [0.29, 0.717) is 6.07 Å². The highest BCUT2D eigenvalue weighted by Gasteiger charge is 2.41. The van der Waals surface area contributed by atoms with Crippen LogP contribution in [0.2, 0.25) is 0 Å². The van der Waals surface area contributed by atoms with Crippen LogP contribution in [0.4, 0.5) is 41.6 Å². The highest BCUT2D eigenvalue weighted by atomic mass is 19.4. The zero-order valence-corrected chi connectivity index (χ0v) is 14.0. The molecule has 13 heteroatoms. The zero-order valence-electron chi connectivity index (χ0n) is 14.0. The summed E-state index contributed by atoms with van der Waals surface area (Å²) in [6.07, 6.45) is -5.12. The van der Waals surface area contributed by atoms with Crippen LogP contribution in [0.15, 0.2) is 36.4 Å². The Bertz CT molecular complexity index is 946. The molecule has 2 aromatic rings. The summed E-state index contributed by atoms with van der Waals surface area (Å²) in [5, 5.41) is 33.0. The predicted molar refractivity (Wildman–Crippen MR) is 90.5 cm³/mol. The molecule has 0 amide bonds. The van der Waals surface area contributed by atoms with E-state index in [4.69, 9.17) is 0 Å². The van der Waals surface area contributed by atoms with E-state index in [1.54, 1.807) is 0 Å². The molecule has 0 unspecified atom stereocenters. The standard InChI is InChI=1S/C15H11F3N4O6/c1-2-19(9-3-5-10(6-4-9)20(23)24)14-12(15(16,17)18)7-11(21(25)26)8-13(14)22(27)28/h3-8H,2H2,1H3. The number of hydrogen-bond donors (Lipinski definition) is 0. The number of hydrogen-bond acceptors (Lipinski definition) is 7. The Labute approximate surface area is 154 Å². The van der Waals surface area contributed by atoms with Gasteiger partial charge < -0.3 is 4.90 Å². The monoisotopic (exact) mass is 400 g/mol. The molecule has 10 nitrogen and oxygen atoms in total. The third-order valence-electron chi connectivity index (χ3n) is 3.75. The number of halogens is 3. The minimum atomic E-state index is -5.12. The fourth-order valence-corrected chi connectivity index (χ4v) is 2.57. The SMILES string of the molecule is CCN(c1ccc([N+](=O)[O-])cc1)c1c([N+](=O)[O-])cc([N+](=O)[O-])cc1C(F)(F)F. The first-order valence-electron chi connectivity index (χ1n) is 7.53. The summed E-state index contributed by atoms with van der Waals surface area (Å²) >= 11 is 0. The van der Waals surface area contributed by atoms with Gasteiger partial charge in [0.2, 0.25) is 0 Å². The van der Waals surface area contributed by atoms with E-state index in [9.17, 15) is 43.5 Å². The van der Waals surface area contributed by atoms with Crippen molar-refractivity contribution in [2.45, 2.75) is 13.1 Å². The molecule has 0 saturated heterocycles. The van der Waals surface area contributed by atoms with Crippen molar-refractivity contribution in [1.82, 2.24) is 0 Å². The Kier molecular flexibility index (Phi) is 5.47. The molecule has 0 saturated carbocycles. The van der Waals surface area contributed by atoms with Gasteiger partial charge in [0.1, 0.15) is 5.69 Å². The largest absolute Gasteiger partial charge is 0.418 e. The van der Waals surface area contributed by atoms with Crippen LogP contribution in [-0.2, 0) is 6.18 Å². The minimum Gasteiger partial charge on any atom is -0.336 e. The molecule has 0 heterocycles. The molecule has 2 aromatic carbocycles. The highest BCUT2D eigenvalue weighted by Crippen LogP contribution is 2.46. The maximum Gasteiger partial charge on any atom is 0.418 e. The first-order chi connectivity index (χ1) is 13.0. The fourth-order valence-electron chi connectivity index (χ4n) is 2.57. The number of rotatable bonds is 6. The second-order valence-electron chi connectivity index (χ2n) is 5.39. The molecule has 0 fully saturated rings. The van der Waals surface area contributed by atoms with Gasteiger partial charge in [0.25, 0.3) is 17.1 Å². The van der Waals surface area contributed by atoms with Crippen molar-refractivity contribution in [2.24, 2.45) is 0 Å². The number of nitrogens with zero attached hydrogens (tertiary/aromatic N) is 4. The summed E-state index contributed by atoms with van der Waals surface area (Å²) in [6.45, 7) is 1.23. The van der Waals surface area contributed by atoms with Crippen LogP contribution in [0.5, 0.6) is 0 Å². The molecular formula is C15H11F3N4O6. The molecule has 0 aliphatic carbocycles. The second-order valence-corrected chi connectivity index (χ2v) is 5.39. The summed E-state index contributed by atoms with van der Waals surface area (Å²) in [7, 11) is 0. The van der Waals surface area contributed by atoms with E-state index in [-0.39, 0.29) is 24.0 Å². The summed E-state index contributed by atoms with van der Waals surface area (Å²) in [4.78, 5) is 30.9. The van der Waals surface area contributed by atoms with E-state index >= 15 is 0 Å². The maximum absolute atomic E-state index is 13.6. The molecule has 0 bridgehead atoms. The molecular weight excluding hydrogens is 389 g/mol. The lowest BCUT2D eigenvalue weighted by molar-refractivity contribution is -0.394. The minimum absolute atomic E-state index is 0.00977. The van der Waals surface area contributed by atoms with Gasteiger partial charge in [0.05, 0.1) is 26.4 Å². The Balaban J connectivity index is 2.80. The van der Waals surface area contributed by atoms with Gasteiger partial charge >= 0.3 is 6.18 Å². The van der Waals surface area contributed by atoms with Gasteiger partial charge in [0, 0.05) is 30.4 Å². The molecule has 0 N–H and O–H groups in total. The van der Waals surface area contributed by atoms with Gasteiger partial charge in [-0.05, 0) is 19.1 Å². The lowest BCUT2D eigenvalue weighted by atomic mass is 10.1. The highest BCUT2D eigenvalue weighted by molar-refractivity contribution is 5.78. The second kappa shape index (κ2) is 7.46. The molecule has 0 aliphatic rings. The van der Waals surface area contributed by atoms with Gasteiger partial charge in [-0.1, -0.05) is 0 Å². The van der Waals surface area contributed by atoms with Crippen LogP contribution in [-0.4, -0.2) is 21.3 Å². The van der Waals surface area contributed by atoms with E-state index in [0.717, 1.165) is 29.2 Å². The fraction of sp³-hybridized carbons (Fsp3) is 0.200. The van der Waals surface area contributed by atoms with E-state index in [2.05, 4.69) is 0 Å². The van der Waals surface area contributed by atoms with Crippen molar-refractivity contribution in [3.8, 4) is 0 Å². The number of nitro groups is 3. The summed E-state index contributed by atoms with van der Waals surface area (Å²) in [5.74, 6) is 0. The Morgan fingerprint density at radius 1 is 0.893 bits per heavy atom. The first-order valence-corrected chi connectivity index (χ1v) is 7.53. The molecule has 0 radical (unpaired) electrons. The Morgan fingerprint density at radius 3 is 1.82 bits per heavy atom. The summed E-state index contributed by atoms with van der Waals surface area (Å²) in [5.41, 5.74) is -4.96. The van der Waals surface area contributed by atoms with Crippen LogP contribution in [0.25, 0.3) is 0 Å². The molecule has 28 heavy (non-hydrogen) atoms. The molecule has 2 rings (SSSR count). The maximum atomic E-state index is 13.6. The Hall–Kier alpha value is -3.77. The van der Waals surface area contributed by atoms with Crippen molar-refractivity contribution in [3.05, 3.63) is 72.3 Å². The normalized spacial score (nSPS) is 11.1. The molecule has 0 aromatic heterocycles. The van der Waals surface area contributed by atoms with Gasteiger partial charge in [-0.2, -0.15) is 13.2 Å². The number of non-ortho nitro benzene ring substituents is 2. The van der Waals surface area contributed by atoms with Gasteiger partial charge in [-0.15, -0.1) is 0 Å². The van der Waals surface area contributed by atoms with Crippen molar-refractivity contribution < 1.29 is 27.9 Å². The topological polar surface area (TPSA) is 133 Å². The molecule has 0 aliphatic heterocycles. The average Bonchev–Trinajstić information content (AvgIpc) is 2.61. The molecule has 0 spiro atoms. The van der Waals surface area contributed by atoms with Crippen LogP contribution >= 0.6 is 0 Å². The predicted octanol–water partition coefficient (Wildman–Crippen LogP) is 4.59. The zero-order chi connectivity index (χ0) is 21.2. The van der Waals surface area contributed by atoms with E-state index in [1.165, 1.54) is 6.92 Å². The first kappa shape index (κ1) is 20.5. The van der Waals surface area contributed by atoms with Crippen molar-refractivity contribution in [1.29, 1.82) is 0 Å². The summed E-state index contributed by atoms with van der Waals surface area (Å²) < 4.78 is 40.7.